The van der Waals surface area contributed by atoms with Gasteiger partial charge in [0.15, 0.2) is 0 Å². The molecule has 0 radical (unpaired) electrons. The van der Waals surface area contributed by atoms with Crippen LogP contribution in [0, 0.1) is 0 Å². The molecule has 0 bridgehead atoms. The van der Waals surface area contributed by atoms with Gasteiger partial charge in [0.2, 0.25) is 10.0 Å². The minimum absolute atomic E-state index is 0.0957. The SMILES string of the molecule is O=S(=O)(c1ccccc1)N1C[C@@H](O)[C@](O)(CNCCN2CCCC2)C1. The van der Waals surface area contributed by atoms with E-state index in [-0.39, 0.29) is 24.5 Å². The molecule has 2 aliphatic rings. The van der Waals surface area contributed by atoms with Crippen molar-refractivity contribution >= 4 is 10.0 Å². The van der Waals surface area contributed by atoms with Gasteiger partial charge in [0.25, 0.3) is 0 Å². The Kier molecular flexibility index (Phi) is 5.77. The standard InChI is InChI=1S/C17H27N3O4S/c21-16-12-20(25(23,24)15-6-2-1-3-7-15)14-17(16,22)13-18-8-11-19-9-4-5-10-19/h1-3,6-7,16,18,21-22H,4-5,8-14H2/t16-,17+/m1/s1. The molecule has 0 aliphatic carbocycles. The molecule has 3 rings (SSSR count). The Balaban J connectivity index is 1.56. The van der Waals surface area contributed by atoms with Gasteiger partial charge in [-0.25, -0.2) is 8.42 Å². The largest absolute Gasteiger partial charge is 0.389 e. The molecule has 0 unspecified atom stereocenters. The highest BCUT2D eigenvalue weighted by atomic mass is 32.2. The molecule has 2 heterocycles. The summed E-state index contributed by atoms with van der Waals surface area (Å²) in [5.74, 6) is 0. The van der Waals surface area contributed by atoms with Crippen molar-refractivity contribution in [1.82, 2.24) is 14.5 Å². The van der Waals surface area contributed by atoms with E-state index in [9.17, 15) is 18.6 Å². The third-order valence-electron chi connectivity index (χ3n) is 5.06. The van der Waals surface area contributed by atoms with Crippen LogP contribution in [-0.2, 0) is 10.0 Å². The highest BCUT2D eigenvalue weighted by molar-refractivity contribution is 7.89. The predicted molar refractivity (Wildman–Crippen MR) is 94.7 cm³/mol. The van der Waals surface area contributed by atoms with E-state index < -0.39 is 21.7 Å². The zero-order chi connectivity index (χ0) is 17.9. The molecule has 2 atom stereocenters. The second-order valence-electron chi connectivity index (χ2n) is 6.96. The Morgan fingerprint density at radius 2 is 1.88 bits per heavy atom. The minimum Gasteiger partial charge on any atom is -0.389 e. The number of hydrogen-bond donors (Lipinski definition) is 3. The number of hydrogen-bond acceptors (Lipinski definition) is 6. The van der Waals surface area contributed by atoms with Gasteiger partial charge in [-0.1, -0.05) is 18.2 Å². The molecule has 2 saturated heterocycles. The van der Waals surface area contributed by atoms with E-state index in [1.807, 2.05) is 0 Å². The Morgan fingerprint density at radius 1 is 1.20 bits per heavy atom. The van der Waals surface area contributed by atoms with Gasteiger partial charge in [0.05, 0.1) is 11.0 Å². The van der Waals surface area contributed by atoms with Crippen molar-refractivity contribution in [3.05, 3.63) is 30.3 Å². The summed E-state index contributed by atoms with van der Waals surface area (Å²) >= 11 is 0. The Hall–Kier alpha value is -1.03. The molecule has 8 heteroatoms. The average molecular weight is 369 g/mol. The van der Waals surface area contributed by atoms with Gasteiger partial charge >= 0.3 is 0 Å². The molecule has 140 valence electrons. The molecular weight excluding hydrogens is 342 g/mol. The van der Waals surface area contributed by atoms with E-state index in [0.717, 1.165) is 23.9 Å². The van der Waals surface area contributed by atoms with Gasteiger partial charge < -0.3 is 20.4 Å². The van der Waals surface area contributed by atoms with Gasteiger partial charge in [0, 0.05) is 32.7 Å². The highest BCUT2D eigenvalue weighted by Crippen LogP contribution is 2.27. The number of likely N-dealkylation sites (tertiary alicyclic amines) is 1. The maximum Gasteiger partial charge on any atom is 0.243 e. The first-order valence-corrected chi connectivity index (χ1v) is 10.2. The first kappa shape index (κ1) is 18.8. The van der Waals surface area contributed by atoms with Crippen molar-refractivity contribution in [1.29, 1.82) is 0 Å². The summed E-state index contributed by atoms with van der Waals surface area (Å²) in [4.78, 5) is 2.53. The first-order valence-electron chi connectivity index (χ1n) is 8.80. The lowest BCUT2D eigenvalue weighted by Crippen LogP contribution is -2.51. The van der Waals surface area contributed by atoms with Crippen LogP contribution in [-0.4, -0.2) is 85.4 Å². The molecule has 7 nitrogen and oxygen atoms in total. The number of nitrogens with zero attached hydrogens (tertiary/aromatic N) is 2. The van der Waals surface area contributed by atoms with Crippen molar-refractivity contribution in [2.24, 2.45) is 0 Å². The van der Waals surface area contributed by atoms with Gasteiger partial charge in [0.1, 0.15) is 5.60 Å². The third-order valence-corrected chi connectivity index (χ3v) is 6.89. The topological polar surface area (TPSA) is 93.1 Å². The molecule has 0 spiro atoms. The van der Waals surface area contributed by atoms with Crippen LogP contribution < -0.4 is 5.32 Å². The summed E-state index contributed by atoms with van der Waals surface area (Å²) < 4.78 is 26.5. The van der Waals surface area contributed by atoms with Crippen LogP contribution in [0.25, 0.3) is 0 Å². The quantitative estimate of drug-likeness (QED) is 0.560. The Morgan fingerprint density at radius 3 is 2.56 bits per heavy atom. The second-order valence-corrected chi connectivity index (χ2v) is 8.89. The van der Waals surface area contributed by atoms with Crippen molar-refractivity contribution in [2.45, 2.75) is 29.4 Å². The lowest BCUT2D eigenvalue weighted by Gasteiger charge is -2.27. The Bertz CT molecular complexity index is 664. The van der Waals surface area contributed by atoms with Gasteiger partial charge in [-0.2, -0.15) is 4.31 Å². The summed E-state index contributed by atoms with van der Waals surface area (Å²) in [5, 5.41) is 24.1. The molecule has 0 amide bonds. The van der Waals surface area contributed by atoms with Crippen molar-refractivity contribution in [3.8, 4) is 0 Å². The lowest BCUT2D eigenvalue weighted by molar-refractivity contribution is -0.0383. The van der Waals surface area contributed by atoms with E-state index >= 15 is 0 Å². The van der Waals surface area contributed by atoms with E-state index in [0.29, 0.717) is 6.54 Å². The van der Waals surface area contributed by atoms with Crippen LogP contribution in [0.3, 0.4) is 0 Å². The summed E-state index contributed by atoms with van der Waals surface area (Å²) in [5.41, 5.74) is -1.47. The number of aliphatic hydroxyl groups is 2. The predicted octanol–water partition coefficient (Wildman–Crippen LogP) is -0.532. The molecule has 25 heavy (non-hydrogen) atoms. The summed E-state index contributed by atoms with van der Waals surface area (Å²) in [6.07, 6.45) is 1.36. The Labute approximate surface area is 149 Å². The highest BCUT2D eigenvalue weighted by Gasteiger charge is 2.48. The summed E-state index contributed by atoms with van der Waals surface area (Å²) in [7, 11) is -3.71. The van der Waals surface area contributed by atoms with Crippen molar-refractivity contribution in [2.75, 3.05) is 45.8 Å². The normalized spacial score (nSPS) is 28.6. The van der Waals surface area contributed by atoms with Crippen LogP contribution >= 0.6 is 0 Å². The van der Waals surface area contributed by atoms with E-state index in [1.165, 1.54) is 25.0 Å². The minimum atomic E-state index is -3.71. The molecular formula is C17H27N3O4S. The number of sulfonamides is 1. The lowest BCUT2D eigenvalue weighted by atomic mass is 10.0. The molecule has 0 aromatic heterocycles. The smallest absolute Gasteiger partial charge is 0.243 e. The zero-order valence-electron chi connectivity index (χ0n) is 14.3. The fraction of sp³-hybridized carbons (Fsp3) is 0.647. The average Bonchev–Trinajstić information content (AvgIpc) is 3.22. The molecule has 2 aliphatic heterocycles. The van der Waals surface area contributed by atoms with Crippen molar-refractivity contribution < 1.29 is 18.6 Å². The summed E-state index contributed by atoms with van der Waals surface area (Å²) in [6.45, 7) is 3.79. The molecule has 1 aromatic carbocycles. The number of β-amino-alcohol motifs (C(OH)–C–C–N with tert-alkyl or cyclic N) is 2. The van der Waals surface area contributed by atoms with Gasteiger partial charge in [-0.05, 0) is 38.1 Å². The number of benzene rings is 1. The van der Waals surface area contributed by atoms with Crippen LogP contribution in [0.15, 0.2) is 35.2 Å². The zero-order valence-corrected chi connectivity index (χ0v) is 15.2. The van der Waals surface area contributed by atoms with Crippen LogP contribution in [0.2, 0.25) is 0 Å². The maximum absolute atomic E-state index is 12.6. The fourth-order valence-corrected chi connectivity index (χ4v) is 5.01. The van der Waals surface area contributed by atoms with E-state index in [1.54, 1.807) is 18.2 Å². The van der Waals surface area contributed by atoms with Crippen LogP contribution in [0.5, 0.6) is 0 Å². The first-order chi connectivity index (χ1) is 11.9. The third kappa shape index (κ3) is 4.21. The molecule has 3 N–H and O–H groups in total. The number of rotatable bonds is 7. The molecule has 0 saturated carbocycles. The van der Waals surface area contributed by atoms with Crippen LogP contribution in [0.1, 0.15) is 12.8 Å². The number of nitrogens with one attached hydrogen (secondary N) is 1. The molecule has 1 aromatic rings. The monoisotopic (exact) mass is 369 g/mol. The van der Waals surface area contributed by atoms with Gasteiger partial charge in [-0.3, -0.25) is 0 Å². The second kappa shape index (κ2) is 7.69. The maximum atomic E-state index is 12.6. The van der Waals surface area contributed by atoms with E-state index in [2.05, 4.69) is 10.2 Å². The van der Waals surface area contributed by atoms with Crippen LogP contribution in [0.4, 0.5) is 0 Å². The van der Waals surface area contributed by atoms with E-state index in [4.69, 9.17) is 0 Å². The van der Waals surface area contributed by atoms with Gasteiger partial charge in [-0.15, -0.1) is 0 Å². The summed E-state index contributed by atoms with van der Waals surface area (Å²) in [6, 6.07) is 8.11. The van der Waals surface area contributed by atoms with Crippen molar-refractivity contribution in [3.63, 3.8) is 0 Å². The number of aliphatic hydroxyl groups excluding tert-OH is 1. The fourth-order valence-electron chi connectivity index (χ4n) is 3.48. The molecule has 2 fully saturated rings.